The van der Waals surface area contributed by atoms with Crippen LogP contribution in [0.4, 0.5) is 22.0 Å². The van der Waals surface area contributed by atoms with Gasteiger partial charge in [0.1, 0.15) is 5.65 Å². The molecule has 3 heterocycles. The van der Waals surface area contributed by atoms with E-state index >= 15 is 0 Å². The molecule has 1 atom stereocenters. The topological polar surface area (TPSA) is 55.6 Å². The third kappa shape index (κ3) is 5.15. The number of carbonyl (C=O) groups excluding carboxylic acids is 1. The largest absolute Gasteiger partial charge is 0.435 e. The van der Waals surface area contributed by atoms with Crippen LogP contribution in [0.15, 0.2) is 18.3 Å². The first kappa shape index (κ1) is 23.9. The molecule has 1 saturated heterocycles. The first-order valence-corrected chi connectivity index (χ1v) is 11.2. The van der Waals surface area contributed by atoms with E-state index in [-0.39, 0.29) is 72.3 Å². The highest BCUT2D eigenvalue weighted by Crippen LogP contribution is 2.40. The lowest BCUT2D eigenvalue weighted by Gasteiger charge is -2.38. The molecule has 0 spiro atoms. The molecule has 1 N–H and O–H groups in total. The fourth-order valence-electron chi connectivity index (χ4n) is 4.77. The maximum Gasteiger partial charge on any atom is 0.435 e. The van der Waals surface area contributed by atoms with Gasteiger partial charge in [-0.15, -0.1) is 0 Å². The van der Waals surface area contributed by atoms with Gasteiger partial charge in [-0.2, -0.15) is 13.2 Å². The fourth-order valence-corrected chi connectivity index (χ4v) is 4.77. The number of pyridine rings is 1. The van der Waals surface area contributed by atoms with Crippen molar-refractivity contribution in [1.29, 1.82) is 0 Å². The maximum absolute atomic E-state index is 13.7. The molecule has 1 amide bonds. The van der Waals surface area contributed by atoms with Gasteiger partial charge in [-0.05, 0) is 43.7 Å². The van der Waals surface area contributed by atoms with Crippen LogP contribution in [0, 0.1) is 11.3 Å². The molecule has 0 radical (unpaired) electrons. The van der Waals surface area contributed by atoms with E-state index in [1.807, 2.05) is 13.8 Å². The van der Waals surface area contributed by atoms with Gasteiger partial charge in [0.05, 0.1) is 12.3 Å². The molecule has 0 aromatic carbocycles. The first-order valence-electron chi connectivity index (χ1n) is 11.2. The minimum Gasteiger partial charge on any atom is -0.381 e. The van der Waals surface area contributed by atoms with Crippen LogP contribution in [0.1, 0.15) is 67.7 Å². The number of aromatic nitrogens is 2. The number of nitrogens with one attached hydrogen (secondary N) is 1. The molecule has 2 aliphatic rings. The van der Waals surface area contributed by atoms with Crippen LogP contribution in [0.2, 0.25) is 0 Å². The Labute approximate surface area is 188 Å². The van der Waals surface area contributed by atoms with Crippen LogP contribution in [0.3, 0.4) is 0 Å². The number of ether oxygens (including phenoxy) is 1. The maximum atomic E-state index is 13.7. The Hall–Kier alpha value is -2.23. The third-order valence-corrected chi connectivity index (χ3v) is 6.85. The predicted molar refractivity (Wildman–Crippen MR) is 111 cm³/mol. The Balaban J connectivity index is 1.59. The van der Waals surface area contributed by atoms with Crippen LogP contribution in [-0.2, 0) is 17.3 Å². The molecule has 1 unspecified atom stereocenters. The van der Waals surface area contributed by atoms with Gasteiger partial charge in [-0.1, -0.05) is 13.8 Å². The van der Waals surface area contributed by atoms with Gasteiger partial charge >= 0.3 is 6.18 Å². The quantitative estimate of drug-likeness (QED) is 0.616. The lowest BCUT2D eigenvalue weighted by molar-refractivity contribution is -0.141. The lowest BCUT2D eigenvalue weighted by atomic mass is 9.82. The van der Waals surface area contributed by atoms with E-state index in [1.54, 1.807) is 0 Å². The van der Waals surface area contributed by atoms with Crippen molar-refractivity contribution >= 4 is 11.6 Å². The monoisotopic (exact) mass is 473 g/mol. The van der Waals surface area contributed by atoms with Gasteiger partial charge in [0, 0.05) is 42.7 Å². The standard InChI is InChI=1S/C23H28F5N3O2/c1-21(2)13-33-10-6-17(21)29-20(32)15-5-9-31-16(11-14-3-7-22(24,25)8-4-14)19(23(26,27)28)30-18(31)12-15/h5,9,12,14,17H,3-4,6-8,10-11,13H2,1-2H3,(H,29,32). The molecule has 1 aliphatic heterocycles. The molecule has 2 aromatic heterocycles. The highest BCUT2D eigenvalue weighted by molar-refractivity contribution is 5.95. The van der Waals surface area contributed by atoms with E-state index in [9.17, 15) is 26.7 Å². The summed E-state index contributed by atoms with van der Waals surface area (Å²) in [4.78, 5) is 16.6. The summed E-state index contributed by atoms with van der Waals surface area (Å²) in [5.74, 6) is -3.40. The molecular formula is C23H28F5N3O2. The normalized spacial score (nSPS) is 23.5. The smallest absolute Gasteiger partial charge is 0.381 e. The molecule has 4 rings (SSSR count). The summed E-state index contributed by atoms with van der Waals surface area (Å²) in [5, 5.41) is 2.97. The van der Waals surface area contributed by atoms with Crippen molar-refractivity contribution < 1.29 is 31.5 Å². The first-order chi connectivity index (χ1) is 15.4. The summed E-state index contributed by atoms with van der Waals surface area (Å²) in [7, 11) is 0. The van der Waals surface area contributed by atoms with Crippen molar-refractivity contribution in [3.63, 3.8) is 0 Å². The minimum absolute atomic E-state index is 0.00783. The zero-order valence-electron chi connectivity index (χ0n) is 18.6. The van der Waals surface area contributed by atoms with Crippen molar-refractivity contribution in [2.75, 3.05) is 13.2 Å². The van der Waals surface area contributed by atoms with E-state index in [0.717, 1.165) is 0 Å². The summed E-state index contributed by atoms with van der Waals surface area (Å²) in [6.07, 6.45) is -2.92. The number of alkyl halides is 5. The Morgan fingerprint density at radius 2 is 1.94 bits per heavy atom. The molecule has 1 saturated carbocycles. The number of amides is 1. The van der Waals surface area contributed by atoms with Crippen LogP contribution >= 0.6 is 0 Å². The van der Waals surface area contributed by atoms with Gasteiger partial charge in [0.15, 0.2) is 5.69 Å². The van der Waals surface area contributed by atoms with E-state index < -0.39 is 17.8 Å². The van der Waals surface area contributed by atoms with E-state index in [1.165, 1.54) is 22.7 Å². The number of carbonyl (C=O) groups is 1. The SMILES string of the molecule is CC1(C)COCCC1NC(=O)c1ccn2c(CC3CCC(F)(F)CC3)c(C(F)(F)F)nc2c1. The second-order valence-corrected chi connectivity index (χ2v) is 9.91. The zero-order chi connectivity index (χ0) is 24.0. The highest BCUT2D eigenvalue weighted by Gasteiger charge is 2.40. The number of nitrogens with zero attached hydrogens (tertiary/aromatic N) is 2. The molecule has 2 fully saturated rings. The summed E-state index contributed by atoms with van der Waals surface area (Å²) in [6.45, 7) is 5.00. The van der Waals surface area contributed by atoms with Crippen molar-refractivity contribution in [3.8, 4) is 0 Å². The average Bonchev–Trinajstić information content (AvgIpc) is 3.09. The third-order valence-electron chi connectivity index (χ3n) is 6.85. The van der Waals surface area contributed by atoms with Gasteiger partial charge in [-0.3, -0.25) is 4.79 Å². The van der Waals surface area contributed by atoms with Crippen LogP contribution in [-0.4, -0.2) is 40.5 Å². The van der Waals surface area contributed by atoms with Crippen molar-refractivity contribution in [3.05, 3.63) is 35.3 Å². The highest BCUT2D eigenvalue weighted by atomic mass is 19.4. The minimum atomic E-state index is -4.69. The van der Waals surface area contributed by atoms with E-state index in [4.69, 9.17) is 4.74 Å². The van der Waals surface area contributed by atoms with Gasteiger partial charge in [0.25, 0.3) is 5.91 Å². The number of halogens is 5. The number of hydrogen-bond donors (Lipinski definition) is 1. The lowest BCUT2D eigenvalue weighted by Crippen LogP contribution is -2.50. The van der Waals surface area contributed by atoms with Crippen molar-refractivity contribution in [1.82, 2.24) is 14.7 Å². The molecule has 33 heavy (non-hydrogen) atoms. The van der Waals surface area contributed by atoms with Gasteiger partial charge in [-0.25, -0.2) is 13.8 Å². The Morgan fingerprint density at radius 3 is 2.58 bits per heavy atom. The number of imidazole rings is 1. The summed E-state index contributed by atoms with van der Waals surface area (Å²) in [5.41, 5.74) is -1.11. The molecule has 10 heteroatoms. The Morgan fingerprint density at radius 1 is 1.24 bits per heavy atom. The zero-order valence-corrected chi connectivity index (χ0v) is 18.6. The number of rotatable bonds is 4. The molecule has 182 valence electrons. The fraction of sp³-hybridized carbons (Fsp3) is 0.652. The summed E-state index contributed by atoms with van der Waals surface area (Å²) >= 11 is 0. The predicted octanol–water partition coefficient (Wildman–Crippen LogP) is 5.27. The molecule has 5 nitrogen and oxygen atoms in total. The van der Waals surface area contributed by atoms with Crippen LogP contribution in [0.5, 0.6) is 0 Å². The summed E-state index contributed by atoms with van der Waals surface area (Å²) < 4.78 is 74.9. The number of hydrogen-bond acceptors (Lipinski definition) is 3. The van der Waals surface area contributed by atoms with Gasteiger partial charge in [0.2, 0.25) is 5.92 Å². The second-order valence-electron chi connectivity index (χ2n) is 9.91. The average molecular weight is 473 g/mol. The molecule has 0 bridgehead atoms. The van der Waals surface area contributed by atoms with Crippen molar-refractivity contribution in [2.24, 2.45) is 11.3 Å². The van der Waals surface area contributed by atoms with Crippen molar-refractivity contribution in [2.45, 2.75) is 70.5 Å². The molecule has 1 aliphatic carbocycles. The number of fused-ring (bicyclic) bond motifs is 1. The summed E-state index contributed by atoms with van der Waals surface area (Å²) in [6, 6.07) is 2.69. The van der Waals surface area contributed by atoms with E-state index in [0.29, 0.717) is 19.6 Å². The Bertz CT molecular complexity index is 1020. The second kappa shape index (κ2) is 8.52. The molecule has 2 aromatic rings. The van der Waals surface area contributed by atoms with E-state index in [2.05, 4.69) is 10.3 Å². The Kier molecular flexibility index (Phi) is 6.18. The van der Waals surface area contributed by atoms with Crippen LogP contribution in [0.25, 0.3) is 5.65 Å². The van der Waals surface area contributed by atoms with Crippen LogP contribution < -0.4 is 5.32 Å². The molecular weight excluding hydrogens is 445 g/mol. The van der Waals surface area contributed by atoms with Gasteiger partial charge < -0.3 is 14.5 Å².